The van der Waals surface area contributed by atoms with Crippen molar-refractivity contribution in [3.8, 4) is 5.69 Å². The third kappa shape index (κ3) is 5.33. The Morgan fingerprint density at radius 1 is 0.826 bits per heavy atom. The molecule has 0 bridgehead atoms. The summed E-state index contributed by atoms with van der Waals surface area (Å²) >= 11 is 0. The van der Waals surface area contributed by atoms with Gasteiger partial charge in [-0.05, 0) is 43.3 Å². The molecular formula is C38H36N7O+. The quantitative estimate of drug-likeness (QED) is 0.185. The lowest BCUT2D eigenvalue weighted by atomic mass is 9.92. The van der Waals surface area contributed by atoms with Gasteiger partial charge in [0.15, 0.2) is 11.4 Å². The second kappa shape index (κ2) is 11.4. The van der Waals surface area contributed by atoms with Crippen LogP contribution >= 0.6 is 0 Å². The zero-order valence-corrected chi connectivity index (χ0v) is 26.4. The molecule has 1 atom stereocenters. The summed E-state index contributed by atoms with van der Waals surface area (Å²) in [5, 5.41) is 13.0. The minimum absolute atomic E-state index is 0.195. The number of nitrogens with zero attached hydrogens (tertiary/aromatic N) is 5. The van der Waals surface area contributed by atoms with Crippen LogP contribution in [0.5, 0.6) is 0 Å². The van der Waals surface area contributed by atoms with Gasteiger partial charge in [0.25, 0.3) is 5.82 Å². The average molecular weight is 607 g/mol. The van der Waals surface area contributed by atoms with Gasteiger partial charge in [-0.15, -0.1) is 0 Å². The first-order valence-corrected chi connectivity index (χ1v) is 15.4. The number of aliphatic imine (C=N–C) groups is 1. The number of aryl methyl sites for hydroxylation is 1. The summed E-state index contributed by atoms with van der Waals surface area (Å²) in [7, 11) is 0. The van der Waals surface area contributed by atoms with Gasteiger partial charge in [-0.3, -0.25) is 5.32 Å². The molecule has 0 radical (unpaired) electrons. The Bertz CT molecular complexity index is 2090. The van der Waals surface area contributed by atoms with E-state index in [2.05, 4.69) is 67.8 Å². The number of carbonyl (C=O) groups is 1. The van der Waals surface area contributed by atoms with Crippen molar-refractivity contribution >= 4 is 51.8 Å². The Labute approximate surface area is 268 Å². The van der Waals surface area contributed by atoms with Gasteiger partial charge in [-0.2, -0.15) is 14.6 Å². The van der Waals surface area contributed by atoms with E-state index >= 15 is 0 Å². The second-order valence-corrected chi connectivity index (χ2v) is 12.8. The number of rotatable bonds is 6. The molecule has 8 heteroatoms. The highest BCUT2D eigenvalue weighted by Gasteiger charge is 2.42. The third-order valence-electron chi connectivity index (χ3n) is 8.39. The molecule has 0 spiro atoms. The molecule has 6 aromatic rings. The first-order chi connectivity index (χ1) is 22.2. The summed E-state index contributed by atoms with van der Waals surface area (Å²) in [5.41, 5.74) is 6.46. The number of urea groups is 1. The molecule has 7 rings (SSSR count). The maximum Gasteiger partial charge on any atom is 0.324 e. The number of hydrogen-bond acceptors (Lipinski definition) is 4. The van der Waals surface area contributed by atoms with E-state index in [9.17, 15) is 4.79 Å². The van der Waals surface area contributed by atoms with Gasteiger partial charge in [-0.25, -0.2) is 14.5 Å². The predicted molar refractivity (Wildman–Crippen MR) is 188 cm³/mol. The maximum absolute atomic E-state index is 13.6. The average Bonchev–Trinajstić information content (AvgIpc) is 3.65. The van der Waals surface area contributed by atoms with Crippen LogP contribution in [0.1, 0.15) is 37.6 Å². The van der Waals surface area contributed by atoms with Gasteiger partial charge in [0.05, 0.1) is 17.1 Å². The second-order valence-electron chi connectivity index (χ2n) is 12.8. The molecule has 46 heavy (non-hydrogen) atoms. The Morgan fingerprint density at radius 3 is 2.33 bits per heavy atom. The number of quaternary nitrogens is 1. The molecule has 3 heterocycles. The lowest BCUT2D eigenvalue weighted by molar-refractivity contribution is 0.262. The predicted octanol–water partition coefficient (Wildman–Crippen LogP) is 9.18. The van der Waals surface area contributed by atoms with Crippen molar-refractivity contribution in [2.75, 3.05) is 10.6 Å². The van der Waals surface area contributed by atoms with Crippen LogP contribution in [0.25, 0.3) is 16.5 Å². The van der Waals surface area contributed by atoms with E-state index in [-0.39, 0.29) is 11.4 Å². The van der Waals surface area contributed by atoms with Crippen molar-refractivity contribution in [2.45, 2.75) is 39.7 Å². The van der Waals surface area contributed by atoms with Crippen molar-refractivity contribution in [3.05, 3.63) is 132 Å². The van der Waals surface area contributed by atoms with Gasteiger partial charge in [0.2, 0.25) is 6.34 Å². The van der Waals surface area contributed by atoms with Crippen molar-refractivity contribution in [2.24, 2.45) is 4.99 Å². The summed E-state index contributed by atoms with van der Waals surface area (Å²) in [6, 6.07) is 36.2. The van der Waals surface area contributed by atoms with E-state index < -0.39 is 0 Å². The minimum Gasteiger partial charge on any atom is -0.307 e. The molecule has 0 aliphatic carbocycles. The van der Waals surface area contributed by atoms with Crippen LogP contribution in [0, 0.1) is 6.92 Å². The molecule has 1 aliphatic rings. The van der Waals surface area contributed by atoms with Gasteiger partial charge < -0.3 is 5.32 Å². The van der Waals surface area contributed by atoms with Crippen LogP contribution in [-0.2, 0) is 12.0 Å². The van der Waals surface area contributed by atoms with Gasteiger partial charge >= 0.3 is 6.03 Å². The fourth-order valence-electron chi connectivity index (χ4n) is 5.99. The molecule has 228 valence electrons. The van der Waals surface area contributed by atoms with Crippen LogP contribution in [0.4, 0.5) is 33.5 Å². The highest BCUT2D eigenvalue weighted by atomic mass is 16.2. The fourth-order valence-corrected chi connectivity index (χ4v) is 5.99. The summed E-state index contributed by atoms with van der Waals surface area (Å²) < 4.78 is 2.12. The topological polar surface area (TPSA) is 84.2 Å². The smallest absolute Gasteiger partial charge is 0.307 e. The monoisotopic (exact) mass is 606 g/mol. The van der Waals surface area contributed by atoms with Crippen molar-refractivity contribution in [3.63, 3.8) is 0 Å². The number of benzene rings is 4. The Balaban J connectivity index is 1.26. The van der Waals surface area contributed by atoms with Crippen molar-refractivity contribution < 1.29 is 4.79 Å². The molecule has 1 aliphatic heterocycles. The Hall–Kier alpha value is -5.60. The van der Waals surface area contributed by atoms with E-state index in [4.69, 9.17) is 15.1 Å². The number of pyridine rings is 1. The maximum atomic E-state index is 13.6. The normalized spacial score (nSPS) is 15.6. The summed E-state index contributed by atoms with van der Waals surface area (Å²) in [5.74, 6) is 1.46. The zero-order valence-electron chi connectivity index (χ0n) is 26.4. The third-order valence-corrected chi connectivity index (χ3v) is 8.39. The number of fused-ring (bicyclic) bond motifs is 2. The van der Waals surface area contributed by atoms with E-state index in [0.717, 1.165) is 50.5 Å². The summed E-state index contributed by atoms with van der Waals surface area (Å²) in [6.45, 7) is 9.02. The zero-order chi connectivity index (χ0) is 31.9. The van der Waals surface area contributed by atoms with E-state index in [1.54, 1.807) is 4.68 Å². The number of aromatic nitrogens is 3. The highest BCUT2D eigenvalue weighted by molar-refractivity contribution is 6.11. The van der Waals surface area contributed by atoms with Crippen LogP contribution in [0.2, 0.25) is 0 Å². The highest BCUT2D eigenvalue weighted by Crippen LogP contribution is 2.47. The number of hydrogen-bond donors (Lipinski definition) is 2. The molecule has 0 fully saturated rings. The number of amides is 2. The lowest BCUT2D eigenvalue weighted by Crippen LogP contribution is -2.41. The van der Waals surface area contributed by atoms with Crippen LogP contribution in [-0.4, -0.2) is 27.1 Å². The van der Waals surface area contributed by atoms with E-state index in [0.29, 0.717) is 22.5 Å². The molecule has 2 amide bonds. The largest absolute Gasteiger partial charge is 0.324 e. The van der Waals surface area contributed by atoms with Gasteiger partial charge in [-0.1, -0.05) is 87.0 Å². The molecule has 2 aromatic heterocycles. The van der Waals surface area contributed by atoms with Crippen molar-refractivity contribution in [1.29, 1.82) is 0 Å². The SMILES string of the molecule is Cc1ccc(-n2nc(C(C)(C)C)cc2NC(=O)Nc2ccc([N+]3(Cc4ccccc4)C=Nc4cccnc43)c3ccccc23)cc1. The summed E-state index contributed by atoms with van der Waals surface area (Å²) in [4.78, 5) is 23.3. The van der Waals surface area contributed by atoms with E-state index in [1.807, 2.05) is 92.3 Å². The van der Waals surface area contributed by atoms with Crippen molar-refractivity contribution in [1.82, 2.24) is 19.2 Å². The fraction of sp³-hybridized carbons (Fsp3) is 0.158. The molecule has 8 nitrogen and oxygen atoms in total. The molecular weight excluding hydrogens is 570 g/mol. The van der Waals surface area contributed by atoms with Crippen LogP contribution in [0.3, 0.4) is 0 Å². The lowest BCUT2D eigenvalue weighted by Gasteiger charge is -2.30. The van der Waals surface area contributed by atoms with E-state index in [1.165, 1.54) is 0 Å². The molecule has 0 saturated carbocycles. The molecule has 2 N–H and O–H groups in total. The standard InChI is InChI=1S/C38H35N7O/c1-26-16-18-28(19-17-26)44-35(23-34(43-44)38(2,3)4)42-37(46)41-31-20-21-33(30-14-9-8-13-29(30)31)45(24-27-11-6-5-7-12-27)25-40-32-15-10-22-39-36(32)45/h5-23,25H,24H2,1-4H3,(H-,41,42,43,46)/p+1. The molecule has 1 unspecified atom stereocenters. The Morgan fingerprint density at radius 2 is 1.57 bits per heavy atom. The minimum atomic E-state index is -0.352. The Kier molecular flexibility index (Phi) is 7.22. The number of carbonyl (C=O) groups excluding carboxylic acids is 1. The van der Waals surface area contributed by atoms with Crippen LogP contribution < -0.4 is 15.1 Å². The molecule has 4 aromatic carbocycles. The number of nitrogens with one attached hydrogen (secondary N) is 2. The first-order valence-electron chi connectivity index (χ1n) is 15.4. The van der Waals surface area contributed by atoms with Gasteiger partial charge in [0.1, 0.15) is 12.4 Å². The number of anilines is 2. The first kappa shape index (κ1) is 29.1. The van der Waals surface area contributed by atoms with Crippen LogP contribution in [0.15, 0.2) is 120 Å². The summed E-state index contributed by atoms with van der Waals surface area (Å²) in [6.07, 6.45) is 3.80. The molecule has 0 saturated heterocycles. The van der Waals surface area contributed by atoms with Gasteiger partial charge in [0, 0.05) is 40.1 Å².